The first-order chi connectivity index (χ1) is 10.4. The van der Waals surface area contributed by atoms with Gasteiger partial charge in [0, 0.05) is 18.0 Å². The van der Waals surface area contributed by atoms with Gasteiger partial charge < -0.3 is 14.8 Å². The highest BCUT2D eigenvalue weighted by Gasteiger charge is 2.19. The summed E-state index contributed by atoms with van der Waals surface area (Å²) in [4.78, 5) is 0. The van der Waals surface area contributed by atoms with Gasteiger partial charge in [-0.15, -0.1) is 0 Å². The Kier molecular flexibility index (Phi) is 4.74. The maximum atomic E-state index is 5.70. The summed E-state index contributed by atoms with van der Waals surface area (Å²) < 4.78 is 11.4. The maximum absolute atomic E-state index is 5.70. The second kappa shape index (κ2) is 7.14. The number of nitrogens with one attached hydrogen (secondary N) is 1. The summed E-state index contributed by atoms with van der Waals surface area (Å²) >= 11 is 0. The van der Waals surface area contributed by atoms with Gasteiger partial charge in [-0.25, -0.2) is 0 Å². The van der Waals surface area contributed by atoms with Gasteiger partial charge in [0.15, 0.2) is 0 Å². The van der Waals surface area contributed by atoms with Gasteiger partial charge in [-0.1, -0.05) is 36.4 Å². The molecule has 0 radical (unpaired) electrons. The Hall–Kier alpha value is -2.00. The van der Waals surface area contributed by atoms with E-state index in [1.165, 1.54) is 5.56 Å². The molecule has 1 unspecified atom stereocenters. The summed E-state index contributed by atoms with van der Waals surface area (Å²) in [5.41, 5.74) is 1.27. The summed E-state index contributed by atoms with van der Waals surface area (Å²) in [7, 11) is 0. The van der Waals surface area contributed by atoms with Crippen LogP contribution < -0.4 is 14.8 Å². The van der Waals surface area contributed by atoms with E-state index < -0.39 is 0 Å². The number of benzene rings is 2. The average molecular weight is 283 g/mol. The Morgan fingerprint density at radius 3 is 2.76 bits per heavy atom. The van der Waals surface area contributed by atoms with E-state index in [9.17, 15) is 0 Å². The van der Waals surface area contributed by atoms with Crippen molar-refractivity contribution >= 4 is 0 Å². The first-order valence-electron chi connectivity index (χ1n) is 7.56. The minimum atomic E-state index is 0.395. The molecule has 3 heteroatoms. The molecule has 1 heterocycles. The predicted molar refractivity (Wildman–Crippen MR) is 83.9 cm³/mol. The molecule has 0 saturated heterocycles. The number of para-hydroxylation sites is 2. The zero-order valence-electron chi connectivity index (χ0n) is 12.1. The molecule has 0 spiro atoms. The van der Waals surface area contributed by atoms with Crippen molar-refractivity contribution in [2.75, 3.05) is 19.8 Å². The fourth-order valence-electron chi connectivity index (χ4n) is 2.61. The van der Waals surface area contributed by atoms with Crippen LogP contribution in [0.25, 0.3) is 0 Å². The van der Waals surface area contributed by atoms with Crippen molar-refractivity contribution in [1.82, 2.24) is 5.32 Å². The molecule has 0 saturated carbocycles. The maximum Gasteiger partial charge on any atom is 0.124 e. The van der Waals surface area contributed by atoms with Crippen LogP contribution in [0.3, 0.4) is 0 Å². The number of fused-ring (bicyclic) bond motifs is 1. The molecule has 110 valence electrons. The number of ether oxygens (including phenoxy) is 2. The Bertz CT molecular complexity index is 556. The van der Waals surface area contributed by atoms with Crippen LogP contribution >= 0.6 is 0 Å². The van der Waals surface area contributed by atoms with Gasteiger partial charge >= 0.3 is 0 Å². The fourth-order valence-corrected chi connectivity index (χ4v) is 2.61. The largest absolute Gasteiger partial charge is 0.494 e. The minimum absolute atomic E-state index is 0.395. The van der Waals surface area contributed by atoms with Crippen molar-refractivity contribution in [2.45, 2.75) is 18.9 Å². The van der Waals surface area contributed by atoms with Crippen molar-refractivity contribution in [3.05, 3.63) is 60.2 Å². The topological polar surface area (TPSA) is 30.5 Å². The number of hydrogen-bond donors (Lipinski definition) is 1. The highest BCUT2D eigenvalue weighted by molar-refractivity contribution is 5.37. The molecule has 0 amide bonds. The van der Waals surface area contributed by atoms with Crippen LogP contribution in [0.5, 0.6) is 11.5 Å². The highest BCUT2D eigenvalue weighted by Crippen LogP contribution is 2.31. The molecule has 3 rings (SSSR count). The van der Waals surface area contributed by atoms with E-state index in [0.29, 0.717) is 6.04 Å². The molecule has 1 aliphatic rings. The summed E-state index contributed by atoms with van der Waals surface area (Å²) in [5, 5.41) is 3.60. The first-order valence-corrected chi connectivity index (χ1v) is 7.56. The van der Waals surface area contributed by atoms with Crippen molar-refractivity contribution in [2.24, 2.45) is 0 Å². The van der Waals surface area contributed by atoms with Crippen molar-refractivity contribution in [1.29, 1.82) is 0 Å². The summed E-state index contributed by atoms with van der Waals surface area (Å²) in [5.74, 6) is 1.95. The fraction of sp³-hybridized carbons (Fsp3) is 0.333. The summed E-state index contributed by atoms with van der Waals surface area (Å²) in [6.07, 6.45) is 2.02. The zero-order valence-corrected chi connectivity index (χ0v) is 12.1. The Labute approximate surface area is 125 Å². The number of hydrogen-bond acceptors (Lipinski definition) is 3. The van der Waals surface area contributed by atoms with Crippen LogP contribution in [-0.2, 0) is 0 Å². The van der Waals surface area contributed by atoms with Crippen LogP contribution in [0.15, 0.2) is 54.6 Å². The van der Waals surface area contributed by atoms with Crippen molar-refractivity contribution in [3.8, 4) is 11.5 Å². The quantitative estimate of drug-likeness (QED) is 0.822. The van der Waals surface area contributed by atoms with E-state index in [1.54, 1.807) is 0 Å². The lowest BCUT2D eigenvalue weighted by Crippen LogP contribution is -2.28. The second-order valence-corrected chi connectivity index (χ2v) is 5.20. The molecule has 1 aliphatic heterocycles. The van der Waals surface area contributed by atoms with Gasteiger partial charge in [-0.3, -0.25) is 0 Å². The molecule has 2 aromatic rings. The molecule has 0 aliphatic carbocycles. The lowest BCUT2D eigenvalue weighted by Gasteiger charge is -2.26. The molecule has 1 N–H and O–H groups in total. The molecule has 1 atom stereocenters. The first kappa shape index (κ1) is 14.0. The van der Waals surface area contributed by atoms with E-state index >= 15 is 0 Å². The molecule has 0 fully saturated rings. The second-order valence-electron chi connectivity index (χ2n) is 5.20. The molecular weight excluding hydrogens is 262 g/mol. The van der Waals surface area contributed by atoms with Crippen LogP contribution in [0.1, 0.15) is 24.4 Å². The van der Waals surface area contributed by atoms with E-state index in [0.717, 1.165) is 44.1 Å². The summed E-state index contributed by atoms with van der Waals surface area (Å²) in [6, 6.07) is 18.6. The molecule has 0 aromatic heterocycles. The van der Waals surface area contributed by atoms with Gasteiger partial charge in [0.2, 0.25) is 0 Å². The molecule has 0 bridgehead atoms. The van der Waals surface area contributed by atoms with E-state index in [1.807, 2.05) is 42.5 Å². The van der Waals surface area contributed by atoms with Gasteiger partial charge in [-0.2, -0.15) is 0 Å². The molecule has 3 nitrogen and oxygen atoms in total. The molecular formula is C18H21NO2. The SMILES string of the molecule is c1ccc(OCCCNC2CCOc3ccccc32)cc1. The Morgan fingerprint density at radius 2 is 1.86 bits per heavy atom. The van der Waals surface area contributed by atoms with E-state index in [-0.39, 0.29) is 0 Å². The van der Waals surface area contributed by atoms with E-state index in [4.69, 9.17) is 9.47 Å². The predicted octanol–water partition coefficient (Wildman–Crippen LogP) is 3.57. The normalized spacial score (nSPS) is 16.9. The third-order valence-corrected chi connectivity index (χ3v) is 3.68. The van der Waals surface area contributed by atoms with Crippen LogP contribution in [-0.4, -0.2) is 19.8 Å². The average Bonchev–Trinajstić information content (AvgIpc) is 2.56. The van der Waals surface area contributed by atoms with Crippen LogP contribution in [0.4, 0.5) is 0 Å². The van der Waals surface area contributed by atoms with Crippen LogP contribution in [0.2, 0.25) is 0 Å². The monoisotopic (exact) mass is 283 g/mol. The Morgan fingerprint density at radius 1 is 1.05 bits per heavy atom. The smallest absolute Gasteiger partial charge is 0.124 e. The van der Waals surface area contributed by atoms with E-state index in [2.05, 4.69) is 17.4 Å². The standard InChI is InChI=1S/C18H21NO2/c1-2-7-15(8-3-1)20-13-6-12-19-17-11-14-21-18-10-5-4-9-16(17)18/h1-5,7-10,17,19H,6,11-14H2. The van der Waals surface area contributed by atoms with Crippen molar-refractivity contribution < 1.29 is 9.47 Å². The summed E-state index contributed by atoms with van der Waals surface area (Å²) in [6.45, 7) is 2.48. The molecule has 2 aromatic carbocycles. The highest BCUT2D eigenvalue weighted by atomic mass is 16.5. The van der Waals surface area contributed by atoms with Crippen molar-refractivity contribution in [3.63, 3.8) is 0 Å². The van der Waals surface area contributed by atoms with Gasteiger partial charge in [-0.05, 0) is 31.2 Å². The van der Waals surface area contributed by atoms with Gasteiger partial charge in [0.05, 0.1) is 13.2 Å². The zero-order chi connectivity index (χ0) is 14.3. The third-order valence-electron chi connectivity index (χ3n) is 3.68. The minimum Gasteiger partial charge on any atom is -0.494 e. The van der Waals surface area contributed by atoms with Gasteiger partial charge in [0.25, 0.3) is 0 Å². The van der Waals surface area contributed by atoms with Crippen LogP contribution in [0, 0.1) is 0 Å². The number of rotatable bonds is 6. The lowest BCUT2D eigenvalue weighted by atomic mass is 10.0. The Balaban J connectivity index is 1.42. The van der Waals surface area contributed by atoms with Gasteiger partial charge in [0.1, 0.15) is 11.5 Å². The molecule has 21 heavy (non-hydrogen) atoms. The third kappa shape index (κ3) is 3.76. The lowest BCUT2D eigenvalue weighted by molar-refractivity contribution is 0.248.